The van der Waals surface area contributed by atoms with Crippen LogP contribution in [-0.4, -0.2) is 23.3 Å². The summed E-state index contributed by atoms with van der Waals surface area (Å²) in [6.45, 7) is 3.94. The highest BCUT2D eigenvalue weighted by molar-refractivity contribution is 5.90. The highest BCUT2D eigenvalue weighted by atomic mass is 16.6. The molecule has 28 heavy (non-hydrogen) atoms. The molecule has 0 aliphatic rings. The molecule has 2 rings (SSSR count). The molecule has 3 N–H and O–H groups in total. The Hall–Kier alpha value is -3.42. The van der Waals surface area contributed by atoms with E-state index in [0.717, 1.165) is 5.56 Å². The van der Waals surface area contributed by atoms with Gasteiger partial charge in [-0.3, -0.25) is 19.7 Å². The summed E-state index contributed by atoms with van der Waals surface area (Å²) in [6, 6.07) is 13.4. The lowest BCUT2D eigenvalue weighted by atomic mass is 10.1. The number of nitrogens with one attached hydrogen (secondary N) is 3. The lowest BCUT2D eigenvalue weighted by Gasteiger charge is -2.15. The van der Waals surface area contributed by atoms with Crippen LogP contribution in [0.25, 0.3) is 0 Å². The van der Waals surface area contributed by atoms with Gasteiger partial charge in [0.2, 0.25) is 11.8 Å². The number of anilines is 2. The maximum atomic E-state index is 12.1. The van der Waals surface area contributed by atoms with E-state index >= 15 is 0 Å². The van der Waals surface area contributed by atoms with Gasteiger partial charge in [-0.1, -0.05) is 31.2 Å². The zero-order valence-corrected chi connectivity index (χ0v) is 15.9. The third-order valence-electron chi connectivity index (χ3n) is 4.16. The zero-order valence-electron chi connectivity index (χ0n) is 15.9. The van der Waals surface area contributed by atoms with Gasteiger partial charge in [0.1, 0.15) is 5.69 Å². The van der Waals surface area contributed by atoms with Gasteiger partial charge in [-0.25, -0.2) is 0 Å². The number of amides is 2. The Morgan fingerprint density at radius 3 is 2.39 bits per heavy atom. The van der Waals surface area contributed by atoms with Gasteiger partial charge in [-0.05, 0) is 30.7 Å². The van der Waals surface area contributed by atoms with Gasteiger partial charge < -0.3 is 16.0 Å². The van der Waals surface area contributed by atoms with Crippen molar-refractivity contribution in [3.05, 3.63) is 64.2 Å². The predicted octanol–water partition coefficient (Wildman–Crippen LogP) is 3.62. The molecule has 8 heteroatoms. The second kappa shape index (κ2) is 10.1. The molecular formula is C20H24N4O4. The molecule has 0 saturated heterocycles. The van der Waals surface area contributed by atoms with Crippen molar-refractivity contribution >= 4 is 28.9 Å². The summed E-state index contributed by atoms with van der Waals surface area (Å²) in [7, 11) is 0. The molecule has 8 nitrogen and oxygen atoms in total. The number of para-hydroxylation sites is 2. The van der Waals surface area contributed by atoms with Crippen LogP contribution >= 0.6 is 0 Å². The fourth-order valence-corrected chi connectivity index (χ4v) is 2.59. The summed E-state index contributed by atoms with van der Waals surface area (Å²) in [5.74, 6) is -0.220. The third-order valence-corrected chi connectivity index (χ3v) is 4.16. The van der Waals surface area contributed by atoms with Gasteiger partial charge in [-0.15, -0.1) is 0 Å². The molecule has 0 aliphatic carbocycles. The standard InChI is InChI=1S/C20H24N4O4/c1-3-19(25)23-16-10-8-15(9-11-16)14(2)22-20(26)12-13-21-17-6-4-5-7-18(17)24(27)28/h4-11,14,21H,3,12-13H2,1-2H3,(H,22,26)(H,23,25). The van der Waals surface area contributed by atoms with E-state index in [4.69, 9.17) is 0 Å². The van der Waals surface area contributed by atoms with Gasteiger partial charge in [-0.2, -0.15) is 0 Å². The molecule has 0 saturated carbocycles. The van der Waals surface area contributed by atoms with Crippen molar-refractivity contribution in [1.29, 1.82) is 0 Å². The average Bonchev–Trinajstić information content (AvgIpc) is 2.68. The number of nitro groups is 1. The molecule has 2 aromatic carbocycles. The minimum absolute atomic E-state index is 0.0217. The van der Waals surface area contributed by atoms with E-state index in [0.29, 0.717) is 17.8 Å². The average molecular weight is 384 g/mol. The van der Waals surface area contributed by atoms with Crippen LogP contribution in [0.4, 0.5) is 17.1 Å². The molecular weight excluding hydrogens is 360 g/mol. The number of carbonyl (C=O) groups is 2. The predicted molar refractivity (Wildman–Crippen MR) is 108 cm³/mol. The molecule has 0 radical (unpaired) electrons. The first-order chi connectivity index (χ1) is 13.4. The highest BCUT2D eigenvalue weighted by Crippen LogP contribution is 2.23. The molecule has 1 unspecified atom stereocenters. The number of nitro benzene ring substituents is 1. The molecule has 148 valence electrons. The van der Waals surface area contributed by atoms with Crippen LogP contribution in [-0.2, 0) is 9.59 Å². The first-order valence-electron chi connectivity index (χ1n) is 9.07. The van der Waals surface area contributed by atoms with E-state index in [9.17, 15) is 19.7 Å². The van der Waals surface area contributed by atoms with Crippen LogP contribution in [0.3, 0.4) is 0 Å². The third kappa shape index (κ3) is 6.08. The lowest BCUT2D eigenvalue weighted by Crippen LogP contribution is -2.28. The molecule has 0 aromatic heterocycles. The van der Waals surface area contributed by atoms with Crippen LogP contribution in [0.5, 0.6) is 0 Å². The summed E-state index contributed by atoms with van der Waals surface area (Å²) < 4.78 is 0. The van der Waals surface area contributed by atoms with E-state index in [1.54, 1.807) is 37.3 Å². The van der Waals surface area contributed by atoms with Crippen molar-refractivity contribution in [3.8, 4) is 0 Å². The summed E-state index contributed by atoms with van der Waals surface area (Å²) in [6.07, 6.45) is 0.593. The van der Waals surface area contributed by atoms with Gasteiger partial charge >= 0.3 is 0 Å². The van der Waals surface area contributed by atoms with Crippen LogP contribution in [0.1, 0.15) is 38.3 Å². The molecule has 1 atom stereocenters. The SMILES string of the molecule is CCC(=O)Nc1ccc(C(C)NC(=O)CCNc2ccccc2[N+](=O)[O-])cc1. The Labute approximate surface area is 163 Å². The van der Waals surface area contributed by atoms with Crippen molar-refractivity contribution in [3.63, 3.8) is 0 Å². The van der Waals surface area contributed by atoms with E-state index in [-0.39, 0.29) is 36.5 Å². The first-order valence-corrected chi connectivity index (χ1v) is 9.07. The Morgan fingerprint density at radius 1 is 1.07 bits per heavy atom. The van der Waals surface area contributed by atoms with E-state index < -0.39 is 4.92 Å². The number of benzene rings is 2. The van der Waals surface area contributed by atoms with Crippen molar-refractivity contribution in [2.75, 3.05) is 17.2 Å². The highest BCUT2D eigenvalue weighted by Gasteiger charge is 2.13. The summed E-state index contributed by atoms with van der Waals surface area (Å²) >= 11 is 0. The van der Waals surface area contributed by atoms with Crippen LogP contribution in [0, 0.1) is 10.1 Å². The van der Waals surface area contributed by atoms with E-state index in [1.807, 2.05) is 19.1 Å². The molecule has 0 spiro atoms. The van der Waals surface area contributed by atoms with Gasteiger partial charge in [0.25, 0.3) is 5.69 Å². The van der Waals surface area contributed by atoms with Crippen LogP contribution in [0.15, 0.2) is 48.5 Å². The Bertz CT molecular complexity index is 836. The maximum absolute atomic E-state index is 12.1. The normalized spacial score (nSPS) is 11.4. The Balaban J connectivity index is 1.83. The number of carbonyl (C=O) groups excluding carboxylic acids is 2. The molecule has 2 aromatic rings. The molecule has 0 aliphatic heterocycles. The summed E-state index contributed by atoms with van der Waals surface area (Å²) in [5.41, 5.74) is 1.99. The summed E-state index contributed by atoms with van der Waals surface area (Å²) in [5, 5.41) is 19.6. The van der Waals surface area contributed by atoms with Crippen molar-refractivity contribution in [2.24, 2.45) is 0 Å². The second-order valence-corrected chi connectivity index (χ2v) is 6.26. The molecule has 0 heterocycles. The monoisotopic (exact) mass is 384 g/mol. The minimum atomic E-state index is -0.461. The second-order valence-electron chi connectivity index (χ2n) is 6.26. The Kier molecular flexibility index (Phi) is 7.50. The summed E-state index contributed by atoms with van der Waals surface area (Å²) in [4.78, 5) is 34.1. The fourth-order valence-electron chi connectivity index (χ4n) is 2.59. The van der Waals surface area contributed by atoms with Gasteiger partial charge in [0.15, 0.2) is 0 Å². The quantitative estimate of drug-likeness (QED) is 0.451. The molecule has 0 bridgehead atoms. The van der Waals surface area contributed by atoms with Gasteiger partial charge in [0, 0.05) is 31.1 Å². The lowest BCUT2D eigenvalue weighted by molar-refractivity contribution is -0.384. The number of rotatable bonds is 9. The van der Waals surface area contributed by atoms with E-state index in [1.165, 1.54) is 6.07 Å². The minimum Gasteiger partial charge on any atom is -0.379 e. The van der Waals surface area contributed by atoms with Crippen LogP contribution < -0.4 is 16.0 Å². The van der Waals surface area contributed by atoms with Crippen LogP contribution in [0.2, 0.25) is 0 Å². The van der Waals surface area contributed by atoms with E-state index in [2.05, 4.69) is 16.0 Å². The fraction of sp³-hybridized carbons (Fsp3) is 0.300. The van der Waals surface area contributed by atoms with Crippen molar-refractivity contribution in [2.45, 2.75) is 32.7 Å². The first kappa shape index (κ1) is 20.9. The largest absolute Gasteiger partial charge is 0.379 e. The van der Waals surface area contributed by atoms with Gasteiger partial charge in [0.05, 0.1) is 11.0 Å². The number of hydrogen-bond acceptors (Lipinski definition) is 5. The number of nitrogens with zero attached hydrogens (tertiary/aromatic N) is 1. The zero-order chi connectivity index (χ0) is 20.5. The van der Waals surface area contributed by atoms with Crippen molar-refractivity contribution in [1.82, 2.24) is 5.32 Å². The molecule has 0 fully saturated rings. The Morgan fingerprint density at radius 2 is 1.75 bits per heavy atom. The molecule has 2 amide bonds. The maximum Gasteiger partial charge on any atom is 0.292 e. The topological polar surface area (TPSA) is 113 Å². The van der Waals surface area contributed by atoms with Crippen molar-refractivity contribution < 1.29 is 14.5 Å². The number of hydrogen-bond donors (Lipinski definition) is 3. The smallest absolute Gasteiger partial charge is 0.292 e.